The summed E-state index contributed by atoms with van der Waals surface area (Å²) >= 11 is 1.51. The van der Waals surface area contributed by atoms with Crippen molar-refractivity contribution in [2.24, 2.45) is 5.10 Å². The van der Waals surface area contributed by atoms with Crippen molar-refractivity contribution in [1.29, 1.82) is 0 Å². The second kappa shape index (κ2) is 6.65. The molecule has 0 aliphatic heterocycles. The number of carbonyl (C=O) groups excluding carboxylic acids is 1. The van der Waals surface area contributed by atoms with E-state index in [-0.39, 0.29) is 12.4 Å². The molecule has 0 saturated carbocycles. The van der Waals surface area contributed by atoms with E-state index in [0.29, 0.717) is 0 Å². The van der Waals surface area contributed by atoms with Gasteiger partial charge in [0.1, 0.15) is 0 Å². The molecule has 0 radical (unpaired) electrons. The smallest absolute Gasteiger partial charge is 0.277 e. The molecule has 4 nitrogen and oxygen atoms in total. The Kier molecular flexibility index (Phi) is 4.63. The lowest BCUT2D eigenvalue weighted by Gasteiger charge is -2.05. The normalized spacial score (nSPS) is 10.6. The Hall–Kier alpha value is -2.21. The average Bonchev–Trinajstić information content (AvgIpc) is 2.91. The molecule has 0 saturated heterocycles. The molecule has 1 amide bonds. The minimum atomic E-state index is -0.502. The fourth-order valence-corrected chi connectivity index (χ4v) is 1.85. The molecule has 2 aromatic rings. The molecule has 0 aliphatic carbocycles. The van der Waals surface area contributed by atoms with Crippen LogP contribution in [0.15, 0.2) is 46.9 Å². The highest BCUT2D eigenvalue weighted by Crippen LogP contribution is 2.14. The lowest BCUT2D eigenvalue weighted by Crippen LogP contribution is -2.24. The third-order valence-corrected chi connectivity index (χ3v) is 2.93. The molecular formula is C13H11FN2O2S. The van der Waals surface area contributed by atoms with E-state index in [2.05, 4.69) is 10.5 Å². The second-order valence-corrected chi connectivity index (χ2v) is 4.51. The highest BCUT2D eigenvalue weighted by molar-refractivity contribution is 7.11. The summed E-state index contributed by atoms with van der Waals surface area (Å²) in [5.74, 6) is -0.909. The van der Waals surface area contributed by atoms with E-state index in [0.717, 1.165) is 4.88 Å². The van der Waals surface area contributed by atoms with Crippen molar-refractivity contribution in [1.82, 2.24) is 5.43 Å². The predicted molar refractivity (Wildman–Crippen MR) is 72.0 cm³/mol. The molecule has 1 aromatic heterocycles. The predicted octanol–water partition coefficient (Wildman–Crippen LogP) is 2.42. The van der Waals surface area contributed by atoms with E-state index in [1.54, 1.807) is 12.1 Å². The zero-order chi connectivity index (χ0) is 13.5. The summed E-state index contributed by atoms with van der Waals surface area (Å²) in [6.07, 6.45) is 1.53. The lowest BCUT2D eigenvalue weighted by atomic mass is 10.3. The number of hydrogen-bond acceptors (Lipinski definition) is 4. The molecule has 6 heteroatoms. The topological polar surface area (TPSA) is 50.7 Å². The van der Waals surface area contributed by atoms with Gasteiger partial charge in [-0.2, -0.15) is 5.10 Å². The number of halogens is 1. The molecule has 19 heavy (non-hydrogen) atoms. The molecule has 0 fully saturated rings. The van der Waals surface area contributed by atoms with E-state index in [9.17, 15) is 9.18 Å². The van der Waals surface area contributed by atoms with Crippen LogP contribution in [0.5, 0.6) is 5.75 Å². The first kappa shape index (κ1) is 13.2. The number of nitrogens with one attached hydrogen (secondary N) is 1. The van der Waals surface area contributed by atoms with E-state index >= 15 is 0 Å². The number of amides is 1. The minimum Gasteiger partial charge on any atom is -0.481 e. The Morgan fingerprint density at radius 1 is 1.37 bits per heavy atom. The number of para-hydroxylation sites is 1. The van der Waals surface area contributed by atoms with Crippen LogP contribution in [0.2, 0.25) is 0 Å². The SMILES string of the molecule is O=C(COc1ccccc1F)N/N=C/c1cccs1. The fraction of sp³-hybridized carbons (Fsp3) is 0.0769. The van der Waals surface area contributed by atoms with Gasteiger partial charge in [-0.3, -0.25) is 4.79 Å². The van der Waals surface area contributed by atoms with Crippen LogP contribution < -0.4 is 10.2 Å². The Morgan fingerprint density at radius 2 is 2.21 bits per heavy atom. The van der Waals surface area contributed by atoms with Gasteiger partial charge in [-0.25, -0.2) is 9.82 Å². The van der Waals surface area contributed by atoms with E-state index in [4.69, 9.17) is 4.74 Å². The third kappa shape index (κ3) is 4.18. The molecule has 1 heterocycles. The van der Waals surface area contributed by atoms with Gasteiger partial charge in [-0.15, -0.1) is 11.3 Å². The summed E-state index contributed by atoms with van der Waals surface area (Å²) in [4.78, 5) is 12.3. The van der Waals surface area contributed by atoms with Crippen LogP contribution >= 0.6 is 11.3 Å². The molecule has 0 bridgehead atoms. The van der Waals surface area contributed by atoms with Gasteiger partial charge in [0.25, 0.3) is 5.91 Å². The highest BCUT2D eigenvalue weighted by atomic mass is 32.1. The maximum atomic E-state index is 13.2. The van der Waals surface area contributed by atoms with E-state index in [1.807, 2.05) is 17.5 Å². The summed E-state index contributed by atoms with van der Waals surface area (Å²) in [6.45, 7) is -0.289. The van der Waals surface area contributed by atoms with Crippen molar-refractivity contribution in [2.45, 2.75) is 0 Å². The van der Waals surface area contributed by atoms with Gasteiger partial charge in [0.2, 0.25) is 0 Å². The largest absolute Gasteiger partial charge is 0.481 e. The standard InChI is InChI=1S/C13H11FN2O2S/c14-11-5-1-2-6-12(11)18-9-13(17)16-15-8-10-4-3-7-19-10/h1-8H,9H2,(H,16,17)/b15-8+. The molecule has 1 N–H and O–H groups in total. The van der Waals surface area contributed by atoms with Crippen molar-refractivity contribution < 1.29 is 13.9 Å². The maximum absolute atomic E-state index is 13.2. The minimum absolute atomic E-state index is 0.0416. The number of thiophene rings is 1. The van der Waals surface area contributed by atoms with Gasteiger partial charge in [-0.05, 0) is 23.6 Å². The summed E-state index contributed by atoms with van der Waals surface area (Å²) in [5.41, 5.74) is 2.30. The van der Waals surface area contributed by atoms with Gasteiger partial charge in [0, 0.05) is 4.88 Å². The van der Waals surface area contributed by atoms with Crippen LogP contribution in [0, 0.1) is 5.82 Å². The third-order valence-electron chi connectivity index (χ3n) is 2.12. The van der Waals surface area contributed by atoms with Crippen LogP contribution in [0.25, 0.3) is 0 Å². The number of rotatable bonds is 5. The number of hydrazone groups is 1. The molecule has 98 valence electrons. The Labute approximate surface area is 113 Å². The fourth-order valence-electron chi connectivity index (χ4n) is 1.27. The van der Waals surface area contributed by atoms with Gasteiger partial charge in [0.05, 0.1) is 6.21 Å². The van der Waals surface area contributed by atoms with Crippen molar-refractivity contribution in [3.63, 3.8) is 0 Å². The van der Waals surface area contributed by atoms with Crippen LogP contribution in [-0.2, 0) is 4.79 Å². The van der Waals surface area contributed by atoms with Gasteiger partial charge < -0.3 is 4.74 Å². The van der Waals surface area contributed by atoms with E-state index < -0.39 is 11.7 Å². The summed E-state index contributed by atoms with van der Waals surface area (Å²) < 4.78 is 18.2. The van der Waals surface area contributed by atoms with Crippen LogP contribution in [-0.4, -0.2) is 18.7 Å². The lowest BCUT2D eigenvalue weighted by molar-refractivity contribution is -0.123. The molecule has 0 aliphatic rings. The van der Waals surface area contributed by atoms with Gasteiger partial charge in [0.15, 0.2) is 18.2 Å². The molecule has 0 spiro atoms. The van der Waals surface area contributed by atoms with Crippen molar-refractivity contribution in [3.05, 3.63) is 52.5 Å². The zero-order valence-corrected chi connectivity index (χ0v) is 10.7. The number of carbonyl (C=O) groups is 1. The quantitative estimate of drug-likeness (QED) is 0.674. The van der Waals surface area contributed by atoms with Crippen LogP contribution in [0.4, 0.5) is 4.39 Å². The Morgan fingerprint density at radius 3 is 2.95 bits per heavy atom. The Balaban J connectivity index is 1.78. The summed E-state index contributed by atoms with van der Waals surface area (Å²) in [5, 5.41) is 5.67. The van der Waals surface area contributed by atoms with Crippen molar-refractivity contribution in [3.8, 4) is 5.75 Å². The summed E-state index contributed by atoms with van der Waals surface area (Å²) in [6, 6.07) is 9.66. The molecular weight excluding hydrogens is 267 g/mol. The second-order valence-electron chi connectivity index (χ2n) is 3.53. The average molecular weight is 278 g/mol. The molecule has 2 rings (SSSR count). The van der Waals surface area contributed by atoms with Crippen LogP contribution in [0.3, 0.4) is 0 Å². The first-order valence-electron chi connectivity index (χ1n) is 5.48. The first-order chi connectivity index (χ1) is 9.25. The molecule has 0 atom stereocenters. The van der Waals surface area contributed by atoms with Crippen molar-refractivity contribution >= 4 is 23.5 Å². The van der Waals surface area contributed by atoms with E-state index in [1.165, 1.54) is 29.7 Å². The number of ether oxygens (including phenoxy) is 1. The van der Waals surface area contributed by atoms with Crippen LogP contribution in [0.1, 0.15) is 4.88 Å². The Bertz CT molecular complexity index is 570. The number of benzene rings is 1. The van der Waals surface area contributed by atoms with Crippen molar-refractivity contribution in [2.75, 3.05) is 6.61 Å². The molecule has 0 unspecified atom stereocenters. The van der Waals surface area contributed by atoms with Gasteiger partial charge >= 0.3 is 0 Å². The summed E-state index contributed by atoms with van der Waals surface area (Å²) in [7, 11) is 0. The van der Waals surface area contributed by atoms with Gasteiger partial charge in [-0.1, -0.05) is 18.2 Å². The maximum Gasteiger partial charge on any atom is 0.277 e. The number of nitrogens with zero attached hydrogens (tertiary/aromatic N) is 1. The first-order valence-corrected chi connectivity index (χ1v) is 6.36. The number of hydrogen-bond donors (Lipinski definition) is 1. The monoisotopic (exact) mass is 278 g/mol. The highest BCUT2D eigenvalue weighted by Gasteiger charge is 2.04. The zero-order valence-electron chi connectivity index (χ0n) is 9.88. The molecule has 1 aromatic carbocycles.